The highest BCUT2D eigenvalue weighted by molar-refractivity contribution is 5.18. The van der Waals surface area contributed by atoms with Crippen LogP contribution in [0.3, 0.4) is 0 Å². The van der Waals surface area contributed by atoms with Crippen LogP contribution in [-0.4, -0.2) is 57.7 Å². The first kappa shape index (κ1) is 16.1. The number of rotatable bonds is 6. The molecule has 1 aromatic heterocycles. The molecule has 122 valence electrons. The molecule has 3 rings (SSSR count). The Hall–Kier alpha value is -1.82. The molecule has 0 saturated heterocycles. The van der Waals surface area contributed by atoms with Gasteiger partial charge in [0.15, 0.2) is 0 Å². The van der Waals surface area contributed by atoms with Crippen LogP contribution in [0.25, 0.3) is 0 Å². The number of aliphatic hydroxyl groups is 1. The van der Waals surface area contributed by atoms with Gasteiger partial charge in [-0.15, -0.1) is 0 Å². The predicted octanol–water partition coefficient (Wildman–Crippen LogP) is 1.33. The van der Waals surface area contributed by atoms with Crippen molar-refractivity contribution in [2.75, 3.05) is 26.7 Å². The van der Waals surface area contributed by atoms with E-state index in [-0.39, 0.29) is 6.10 Å². The molecule has 5 heteroatoms. The van der Waals surface area contributed by atoms with Crippen molar-refractivity contribution in [1.29, 1.82) is 0 Å². The van der Waals surface area contributed by atoms with Gasteiger partial charge in [0.1, 0.15) is 6.33 Å². The average Bonchev–Trinajstić information content (AvgIpc) is 2.55. The molecule has 0 aliphatic carbocycles. The van der Waals surface area contributed by atoms with Gasteiger partial charge in [0.05, 0.1) is 11.8 Å². The molecule has 0 bridgehead atoms. The molecule has 2 aromatic rings. The summed E-state index contributed by atoms with van der Waals surface area (Å²) < 4.78 is 0. The minimum Gasteiger partial charge on any atom is -0.390 e. The second-order valence-corrected chi connectivity index (χ2v) is 6.32. The first-order valence-electron chi connectivity index (χ1n) is 8.11. The summed E-state index contributed by atoms with van der Waals surface area (Å²) in [6.07, 6.45) is 4.12. The fourth-order valence-corrected chi connectivity index (χ4v) is 3.14. The van der Waals surface area contributed by atoms with Crippen LogP contribution in [0.1, 0.15) is 16.8 Å². The third kappa shape index (κ3) is 4.58. The molecule has 0 saturated carbocycles. The lowest BCUT2D eigenvalue weighted by atomic mass is 10.1. The molecule has 1 aliphatic heterocycles. The van der Waals surface area contributed by atoms with Gasteiger partial charge < -0.3 is 5.11 Å². The maximum atomic E-state index is 10.4. The van der Waals surface area contributed by atoms with Gasteiger partial charge in [0.25, 0.3) is 0 Å². The Labute approximate surface area is 137 Å². The van der Waals surface area contributed by atoms with E-state index >= 15 is 0 Å². The summed E-state index contributed by atoms with van der Waals surface area (Å²) in [6, 6.07) is 10.4. The second kappa shape index (κ2) is 7.64. The Morgan fingerprint density at radius 1 is 1.30 bits per heavy atom. The molecule has 23 heavy (non-hydrogen) atoms. The number of β-amino-alcohol motifs (C(OH)–C–C–N with tert-alkyl or cyclic N) is 1. The maximum absolute atomic E-state index is 10.4. The topological polar surface area (TPSA) is 52.5 Å². The number of hydrogen-bond donors (Lipinski definition) is 1. The van der Waals surface area contributed by atoms with E-state index in [2.05, 4.69) is 38.9 Å². The molecule has 0 spiro atoms. The van der Waals surface area contributed by atoms with Crippen molar-refractivity contribution in [3.05, 3.63) is 59.7 Å². The number of likely N-dealkylation sites (N-methyl/N-ethyl adjacent to an activating group) is 1. The summed E-state index contributed by atoms with van der Waals surface area (Å²) in [5, 5.41) is 10.4. The molecular weight excluding hydrogens is 288 g/mol. The van der Waals surface area contributed by atoms with E-state index in [1.807, 2.05) is 24.4 Å². The SMILES string of the molecule is CN(Cc1ccccc1)CC(O)CN1CCc2cncnc2C1. The summed E-state index contributed by atoms with van der Waals surface area (Å²) in [5.41, 5.74) is 3.60. The summed E-state index contributed by atoms with van der Waals surface area (Å²) in [7, 11) is 2.05. The summed E-state index contributed by atoms with van der Waals surface area (Å²) in [5.74, 6) is 0. The van der Waals surface area contributed by atoms with Crippen LogP contribution in [0.2, 0.25) is 0 Å². The lowest BCUT2D eigenvalue weighted by Crippen LogP contribution is -2.41. The monoisotopic (exact) mass is 312 g/mol. The first-order chi connectivity index (χ1) is 11.2. The lowest BCUT2D eigenvalue weighted by Gasteiger charge is -2.30. The first-order valence-corrected chi connectivity index (χ1v) is 8.11. The average molecular weight is 312 g/mol. The van der Waals surface area contributed by atoms with Gasteiger partial charge in [-0.3, -0.25) is 9.80 Å². The van der Waals surface area contributed by atoms with Crippen molar-refractivity contribution in [3.8, 4) is 0 Å². The maximum Gasteiger partial charge on any atom is 0.115 e. The largest absolute Gasteiger partial charge is 0.390 e. The zero-order valence-corrected chi connectivity index (χ0v) is 13.6. The van der Waals surface area contributed by atoms with Crippen LogP contribution in [-0.2, 0) is 19.5 Å². The summed E-state index contributed by atoms with van der Waals surface area (Å²) in [4.78, 5) is 12.9. The minimum absolute atomic E-state index is 0.355. The Morgan fingerprint density at radius 3 is 2.96 bits per heavy atom. The van der Waals surface area contributed by atoms with Crippen molar-refractivity contribution in [3.63, 3.8) is 0 Å². The van der Waals surface area contributed by atoms with Gasteiger partial charge >= 0.3 is 0 Å². The van der Waals surface area contributed by atoms with Crippen LogP contribution in [0.5, 0.6) is 0 Å². The molecule has 1 aromatic carbocycles. The lowest BCUT2D eigenvalue weighted by molar-refractivity contribution is 0.0743. The molecule has 1 N–H and O–H groups in total. The smallest absolute Gasteiger partial charge is 0.115 e. The molecule has 1 atom stereocenters. The van der Waals surface area contributed by atoms with Crippen LogP contribution in [0.4, 0.5) is 0 Å². The number of benzene rings is 1. The van der Waals surface area contributed by atoms with Crippen LogP contribution < -0.4 is 0 Å². The summed E-state index contributed by atoms with van der Waals surface area (Å²) >= 11 is 0. The van der Waals surface area contributed by atoms with Crippen molar-refractivity contribution in [2.45, 2.75) is 25.6 Å². The Bertz CT molecular complexity index is 619. The minimum atomic E-state index is -0.355. The molecule has 2 heterocycles. The zero-order valence-electron chi connectivity index (χ0n) is 13.6. The highest BCUT2D eigenvalue weighted by Crippen LogP contribution is 2.15. The van der Waals surface area contributed by atoms with E-state index in [9.17, 15) is 5.11 Å². The third-order valence-electron chi connectivity index (χ3n) is 4.24. The van der Waals surface area contributed by atoms with Crippen LogP contribution in [0.15, 0.2) is 42.9 Å². The van der Waals surface area contributed by atoms with E-state index < -0.39 is 0 Å². The van der Waals surface area contributed by atoms with Crippen LogP contribution >= 0.6 is 0 Å². The number of hydrogen-bond acceptors (Lipinski definition) is 5. The number of nitrogens with zero attached hydrogens (tertiary/aromatic N) is 4. The third-order valence-corrected chi connectivity index (χ3v) is 4.24. The zero-order chi connectivity index (χ0) is 16.1. The van der Waals surface area contributed by atoms with Gasteiger partial charge in [-0.05, 0) is 24.6 Å². The van der Waals surface area contributed by atoms with Gasteiger partial charge in [-0.1, -0.05) is 30.3 Å². The van der Waals surface area contributed by atoms with Gasteiger partial charge in [-0.2, -0.15) is 0 Å². The predicted molar refractivity (Wildman–Crippen MR) is 89.8 cm³/mol. The van der Waals surface area contributed by atoms with Gasteiger partial charge in [-0.25, -0.2) is 9.97 Å². The van der Waals surface area contributed by atoms with E-state index in [0.717, 1.165) is 31.7 Å². The second-order valence-electron chi connectivity index (χ2n) is 6.32. The Balaban J connectivity index is 1.47. The van der Waals surface area contributed by atoms with E-state index in [4.69, 9.17) is 0 Å². The number of aromatic nitrogens is 2. The van der Waals surface area contributed by atoms with Crippen LogP contribution in [0, 0.1) is 0 Å². The Morgan fingerprint density at radius 2 is 2.13 bits per heavy atom. The fourth-order valence-electron chi connectivity index (χ4n) is 3.14. The molecule has 5 nitrogen and oxygen atoms in total. The number of aliphatic hydroxyl groups excluding tert-OH is 1. The molecule has 1 aliphatic rings. The molecule has 0 fully saturated rings. The molecule has 0 amide bonds. The molecular formula is C18H24N4O. The highest BCUT2D eigenvalue weighted by atomic mass is 16.3. The van der Waals surface area contributed by atoms with Crippen molar-refractivity contribution in [1.82, 2.24) is 19.8 Å². The molecule has 1 unspecified atom stereocenters. The molecule has 0 radical (unpaired) electrons. The van der Waals surface area contributed by atoms with Gasteiger partial charge in [0, 0.05) is 38.9 Å². The summed E-state index contributed by atoms with van der Waals surface area (Å²) in [6.45, 7) is 3.97. The van der Waals surface area contributed by atoms with E-state index in [1.165, 1.54) is 11.1 Å². The van der Waals surface area contributed by atoms with E-state index in [1.54, 1.807) is 6.33 Å². The Kier molecular flexibility index (Phi) is 5.33. The number of fused-ring (bicyclic) bond motifs is 1. The van der Waals surface area contributed by atoms with E-state index in [0.29, 0.717) is 13.1 Å². The van der Waals surface area contributed by atoms with Crippen molar-refractivity contribution >= 4 is 0 Å². The van der Waals surface area contributed by atoms with Crippen molar-refractivity contribution < 1.29 is 5.11 Å². The highest BCUT2D eigenvalue weighted by Gasteiger charge is 2.20. The normalized spacial score (nSPS) is 16.3. The fraction of sp³-hybridized carbons (Fsp3) is 0.444. The standard InChI is InChI=1S/C18H24N4O/c1-21(10-15-5-3-2-4-6-15)11-17(23)12-22-8-7-16-9-19-14-20-18(16)13-22/h2-6,9,14,17,23H,7-8,10-13H2,1H3. The van der Waals surface area contributed by atoms with Gasteiger partial charge in [0.2, 0.25) is 0 Å². The quantitative estimate of drug-likeness (QED) is 0.872. The van der Waals surface area contributed by atoms with Crippen molar-refractivity contribution in [2.24, 2.45) is 0 Å².